The summed E-state index contributed by atoms with van der Waals surface area (Å²) >= 11 is 7.23. The fraction of sp³-hybridized carbons (Fsp3) is 0.182. The average Bonchev–Trinajstić information content (AvgIpc) is 2.90. The predicted molar refractivity (Wildman–Crippen MR) is 74.5 cm³/mol. The maximum atomic E-state index is 4.25. The molecule has 0 fully saturated rings. The van der Waals surface area contributed by atoms with Gasteiger partial charge in [-0.15, -0.1) is 22.7 Å². The molecule has 0 amide bonds. The second kappa shape index (κ2) is 3.68. The van der Waals surface area contributed by atoms with Gasteiger partial charge in [-0.2, -0.15) is 5.10 Å². The summed E-state index contributed by atoms with van der Waals surface area (Å²) in [5, 5.41) is 8.51. The lowest BCUT2D eigenvalue weighted by atomic mass is 10.1. The van der Waals surface area contributed by atoms with Gasteiger partial charge in [0.1, 0.15) is 5.69 Å². The third-order valence-corrected chi connectivity index (χ3v) is 6.26. The first kappa shape index (κ1) is 10.5. The van der Waals surface area contributed by atoms with Crippen molar-refractivity contribution in [1.82, 2.24) is 10.2 Å². The summed E-state index contributed by atoms with van der Waals surface area (Å²) in [7, 11) is 0. The van der Waals surface area contributed by atoms with E-state index < -0.39 is 0 Å². The van der Waals surface area contributed by atoms with Crippen molar-refractivity contribution in [3.8, 4) is 10.6 Å². The van der Waals surface area contributed by atoms with E-state index in [1.165, 1.54) is 29.2 Å². The third kappa shape index (κ3) is 1.38. The summed E-state index contributed by atoms with van der Waals surface area (Å²) in [5.41, 5.74) is 3.73. The number of fused-ring (bicyclic) bond motifs is 1. The molecule has 0 aliphatic carbocycles. The van der Waals surface area contributed by atoms with Crippen LogP contribution in [-0.2, 0) is 0 Å². The van der Waals surface area contributed by atoms with E-state index in [-0.39, 0.29) is 0 Å². The average molecular weight is 313 g/mol. The Balaban J connectivity index is 2.33. The molecule has 0 spiro atoms. The van der Waals surface area contributed by atoms with Gasteiger partial charge in [-0.1, -0.05) is 0 Å². The number of hydrogen-bond acceptors (Lipinski definition) is 3. The maximum absolute atomic E-state index is 4.25. The van der Waals surface area contributed by atoms with Crippen molar-refractivity contribution in [2.45, 2.75) is 13.8 Å². The number of hydrogen-bond donors (Lipinski definition) is 1. The van der Waals surface area contributed by atoms with Crippen LogP contribution in [0, 0.1) is 13.8 Å². The molecule has 0 atom stereocenters. The van der Waals surface area contributed by atoms with Gasteiger partial charge in [0.15, 0.2) is 0 Å². The number of nitrogens with zero attached hydrogens (tertiary/aromatic N) is 1. The molecule has 0 aliphatic heterocycles. The van der Waals surface area contributed by atoms with Gasteiger partial charge in [-0.05, 0) is 47.0 Å². The van der Waals surface area contributed by atoms with Gasteiger partial charge < -0.3 is 0 Å². The first-order valence-corrected chi connectivity index (χ1v) is 7.29. The van der Waals surface area contributed by atoms with Crippen LogP contribution >= 0.6 is 38.6 Å². The highest BCUT2D eigenvalue weighted by Crippen LogP contribution is 2.45. The molecule has 16 heavy (non-hydrogen) atoms. The lowest BCUT2D eigenvalue weighted by Crippen LogP contribution is -1.77. The van der Waals surface area contributed by atoms with E-state index in [4.69, 9.17) is 0 Å². The van der Waals surface area contributed by atoms with E-state index >= 15 is 0 Å². The molecule has 0 aliphatic rings. The Bertz CT molecular complexity index is 649. The van der Waals surface area contributed by atoms with Gasteiger partial charge >= 0.3 is 0 Å². The minimum atomic E-state index is 1.04. The van der Waals surface area contributed by atoms with Crippen molar-refractivity contribution in [3.63, 3.8) is 0 Å². The largest absolute Gasteiger partial charge is 0.285 e. The van der Waals surface area contributed by atoms with Crippen molar-refractivity contribution in [2.24, 2.45) is 0 Å². The highest BCUT2D eigenvalue weighted by Gasteiger charge is 2.17. The fourth-order valence-electron chi connectivity index (χ4n) is 1.88. The first-order chi connectivity index (χ1) is 7.68. The van der Waals surface area contributed by atoms with Crippen molar-refractivity contribution in [2.75, 3.05) is 0 Å². The van der Waals surface area contributed by atoms with E-state index in [0.29, 0.717) is 0 Å². The lowest BCUT2D eigenvalue weighted by Gasteiger charge is -1.95. The first-order valence-electron chi connectivity index (χ1n) is 4.86. The highest BCUT2D eigenvalue weighted by molar-refractivity contribution is 9.11. The quantitative estimate of drug-likeness (QED) is 0.691. The Morgan fingerprint density at radius 2 is 2.06 bits per heavy atom. The summed E-state index contributed by atoms with van der Waals surface area (Å²) in [6.45, 7) is 4.34. The molecule has 1 N–H and O–H groups in total. The summed E-state index contributed by atoms with van der Waals surface area (Å²) in [4.78, 5) is 1.28. The van der Waals surface area contributed by atoms with Gasteiger partial charge in [-0.25, -0.2) is 0 Å². The monoisotopic (exact) mass is 312 g/mol. The molecule has 5 heteroatoms. The minimum absolute atomic E-state index is 1.04. The Kier molecular flexibility index (Phi) is 2.42. The number of aromatic nitrogens is 2. The van der Waals surface area contributed by atoms with E-state index in [1.807, 2.05) is 34.9 Å². The topological polar surface area (TPSA) is 28.7 Å². The molecule has 3 heterocycles. The van der Waals surface area contributed by atoms with Crippen LogP contribution in [0.4, 0.5) is 0 Å². The molecule has 0 unspecified atom stereocenters. The van der Waals surface area contributed by atoms with Crippen molar-refractivity contribution < 1.29 is 0 Å². The van der Waals surface area contributed by atoms with Gasteiger partial charge in [0.25, 0.3) is 0 Å². The van der Waals surface area contributed by atoms with Crippen LogP contribution in [0.3, 0.4) is 0 Å². The van der Waals surface area contributed by atoms with Crippen LogP contribution < -0.4 is 0 Å². The smallest absolute Gasteiger partial charge is 0.102 e. The Hall–Kier alpha value is -0.650. The molecule has 82 valence electrons. The molecule has 0 radical (unpaired) electrons. The van der Waals surface area contributed by atoms with E-state index in [0.717, 1.165) is 5.69 Å². The van der Waals surface area contributed by atoms with E-state index in [2.05, 4.69) is 40.0 Å². The van der Waals surface area contributed by atoms with Crippen LogP contribution in [0.2, 0.25) is 0 Å². The van der Waals surface area contributed by atoms with Crippen LogP contribution in [0.25, 0.3) is 20.0 Å². The third-order valence-electron chi connectivity index (χ3n) is 2.70. The zero-order valence-electron chi connectivity index (χ0n) is 8.80. The summed E-state index contributed by atoms with van der Waals surface area (Å²) in [6, 6.07) is 2.02. The zero-order chi connectivity index (χ0) is 11.3. The van der Waals surface area contributed by atoms with Crippen LogP contribution in [0.5, 0.6) is 0 Å². The second-order valence-corrected chi connectivity index (χ2v) is 7.30. The van der Waals surface area contributed by atoms with Gasteiger partial charge in [0.05, 0.1) is 12.7 Å². The molecular weight excluding hydrogens is 304 g/mol. The molecule has 0 saturated heterocycles. The molecular formula is C11H9BrN2S2. The van der Waals surface area contributed by atoms with Gasteiger partial charge in [-0.3, -0.25) is 5.10 Å². The number of aromatic amines is 1. The van der Waals surface area contributed by atoms with Crippen molar-refractivity contribution in [3.05, 3.63) is 27.2 Å². The molecule has 3 aromatic rings. The molecule has 0 aromatic carbocycles. The summed E-state index contributed by atoms with van der Waals surface area (Å²) < 4.78 is 2.62. The number of halogens is 1. The number of thiophene rings is 2. The van der Waals surface area contributed by atoms with E-state index in [1.54, 1.807) is 0 Å². The summed E-state index contributed by atoms with van der Waals surface area (Å²) in [6.07, 6.45) is 1.87. The van der Waals surface area contributed by atoms with Crippen LogP contribution in [0.15, 0.2) is 16.0 Å². The van der Waals surface area contributed by atoms with Gasteiger partial charge in [0.2, 0.25) is 0 Å². The Morgan fingerprint density at radius 1 is 1.25 bits per heavy atom. The summed E-state index contributed by atoms with van der Waals surface area (Å²) in [5.74, 6) is 0. The minimum Gasteiger partial charge on any atom is -0.285 e. The zero-order valence-corrected chi connectivity index (χ0v) is 12.0. The fourth-order valence-corrected chi connectivity index (χ4v) is 5.45. The second-order valence-electron chi connectivity index (χ2n) is 3.68. The predicted octanol–water partition coefficient (Wildman–Crippen LogP) is 4.73. The molecule has 0 bridgehead atoms. The SMILES string of the molecule is Cc1c(Br)sc2sc(-c3cc[nH]n3)c(C)c12. The molecule has 0 saturated carbocycles. The standard InChI is InChI=1S/C11H9BrN2S2/c1-5-8-6(2)10(12)16-11(8)15-9(5)7-3-4-13-14-7/h3-4H,1-2H3,(H,13,14). The molecule has 3 aromatic heterocycles. The molecule has 3 rings (SSSR count). The Morgan fingerprint density at radius 3 is 2.69 bits per heavy atom. The van der Waals surface area contributed by atoms with Crippen LogP contribution in [0.1, 0.15) is 11.1 Å². The molecule has 2 nitrogen and oxygen atoms in total. The van der Waals surface area contributed by atoms with E-state index in [9.17, 15) is 0 Å². The van der Waals surface area contributed by atoms with Crippen molar-refractivity contribution in [1.29, 1.82) is 0 Å². The lowest BCUT2D eigenvalue weighted by molar-refractivity contribution is 1.10. The maximum Gasteiger partial charge on any atom is 0.102 e. The van der Waals surface area contributed by atoms with Crippen LogP contribution in [-0.4, -0.2) is 10.2 Å². The van der Waals surface area contributed by atoms with Gasteiger partial charge in [0, 0.05) is 11.6 Å². The Labute approximate surface area is 109 Å². The normalized spacial score (nSPS) is 11.4. The number of aryl methyl sites for hydroxylation is 2. The number of H-pyrrole nitrogens is 1. The van der Waals surface area contributed by atoms with Crippen molar-refractivity contribution >= 4 is 48.0 Å². The number of rotatable bonds is 1. The highest BCUT2D eigenvalue weighted by atomic mass is 79.9. The number of nitrogens with one attached hydrogen (secondary N) is 1.